The summed E-state index contributed by atoms with van der Waals surface area (Å²) in [6.45, 7) is 11.1. The molecule has 0 spiro atoms. The highest BCUT2D eigenvalue weighted by atomic mass is 35.5. The van der Waals surface area contributed by atoms with Crippen molar-refractivity contribution in [2.75, 3.05) is 6.61 Å². The van der Waals surface area contributed by atoms with Crippen molar-refractivity contribution in [3.05, 3.63) is 27.8 Å². The smallest absolute Gasteiger partial charge is 0.126 e. The molecule has 0 heterocycles. The SMILES string of the molecule is CCOc1c(C(C)C)cc(Cl)c(C)c1CC(N)CC. The van der Waals surface area contributed by atoms with E-state index in [1.807, 2.05) is 19.9 Å². The molecule has 108 valence electrons. The van der Waals surface area contributed by atoms with Crippen LogP contribution in [0.1, 0.15) is 56.7 Å². The van der Waals surface area contributed by atoms with Gasteiger partial charge in [0.2, 0.25) is 0 Å². The highest BCUT2D eigenvalue weighted by Crippen LogP contribution is 2.37. The first kappa shape index (κ1) is 16.3. The number of nitrogens with two attached hydrogens (primary N) is 1. The van der Waals surface area contributed by atoms with Gasteiger partial charge in [-0.25, -0.2) is 0 Å². The predicted octanol–water partition coefficient (Wildman–Crippen LogP) is 4.45. The van der Waals surface area contributed by atoms with Crippen LogP contribution in [-0.4, -0.2) is 12.6 Å². The van der Waals surface area contributed by atoms with Gasteiger partial charge in [-0.1, -0.05) is 32.4 Å². The Hall–Kier alpha value is -0.730. The molecule has 0 aliphatic heterocycles. The van der Waals surface area contributed by atoms with Crippen LogP contribution in [0.5, 0.6) is 5.75 Å². The van der Waals surface area contributed by atoms with Crippen molar-refractivity contribution in [3.8, 4) is 5.75 Å². The molecule has 0 bridgehead atoms. The average molecular weight is 284 g/mol. The van der Waals surface area contributed by atoms with Crippen LogP contribution in [0.15, 0.2) is 6.07 Å². The van der Waals surface area contributed by atoms with Gasteiger partial charge >= 0.3 is 0 Å². The molecule has 19 heavy (non-hydrogen) atoms. The second-order valence-corrected chi connectivity index (χ2v) is 5.75. The number of benzene rings is 1. The van der Waals surface area contributed by atoms with Crippen molar-refractivity contribution in [1.29, 1.82) is 0 Å². The zero-order valence-corrected chi connectivity index (χ0v) is 13.5. The Labute approximate surface area is 122 Å². The van der Waals surface area contributed by atoms with Gasteiger partial charge in [0.1, 0.15) is 5.75 Å². The van der Waals surface area contributed by atoms with Gasteiger partial charge in [0, 0.05) is 16.6 Å². The van der Waals surface area contributed by atoms with Gasteiger partial charge in [0.25, 0.3) is 0 Å². The topological polar surface area (TPSA) is 35.2 Å². The first-order chi connectivity index (χ1) is 8.92. The second-order valence-electron chi connectivity index (χ2n) is 5.34. The molecule has 0 aliphatic carbocycles. The van der Waals surface area contributed by atoms with E-state index in [0.717, 1.165) is 29.2 Å². The van der Waals surface area contributed by atoms with E-state index in [-0.39, 0.29) is 6.04 Å². The third-order valence-corrected chi connectivity index (χ3v) is 3.92. The molecular formula is C16H26ClNO. The minimum Gasteiger partial charge on any atom is -0.493 e. The number of rotatable bonds is 6. The summed E-state index contributed by atoms with van der Waals surface area (Å²) in [6, 6.07) is 2.18. The predicted molar refractivity (Wildman–Crippen MR) is 83.4 cm³/mol. The molecule has 2 nitrogen and oxygen atoms in total. The van der Waals surface area contributed by atoms with Crippen LogP contribution in [-0.2, 0) is 6.42 Å². The molecule has 0 saturated carbocycles. The van der Waals surface area contributed by atoms with Crippen molar-refractivity contribution in [3.63, 3.8) is 0 Å². The fourth-order valence-corrected chi connectivity index (χ4v) is 2.43. The summed E-state index contributed by atoms with van der Waals surface area (Å²) in [6.07, 6.45) is 1.77. The molecule has 0 radical (unpaired) electrons. The van der Waals surface area contributed by atoms with E-state index in [2.05, 4.69) is 20.8 Å². The number of halogens is 1. The molecule has 2 N–H and O–H groups in total. The van der Waals surface area contributed by atoms with Gasteiger partial charge in [0.15, 0.2) is 0 Å². The molecule has 0 aromatic heterocycles. The molecule has 1 rings (SSSR count). The number of ether oxygens (including phenoxy) is 1. The quantitative estimate of drug-likeness (QED) is 0.837. The maximum absolute atomic E-state index is 6.37. The van der Waals surface area contributed by atoms with E-state index in [1.54, 1.807) is 0 Å². The normalized spacial score (nSPS) is 12.8. The number of hydrogen-bond acceptors (Lipinski definition) is 2. The molecular weight excluding hydrogens is 258 g/mol. The van der Waals surface area contributed by atoms with Gasteiger partial charge in [-0.15, -0.1) is 0 Å². The maximum Gasteiger partial charge on any atom is 0.126 e. The molecule has 1 unspecified atom stereocenters. The summed E-state index contributed by atoms with van der Waals surface area (Å²) in [7, 11) is 0. The van der Waals surface area contributed by atoms with Crippen molar-refractivity contribution in [2.45, 2.75) is 59.4 Å². The lowest BCUT2D eigenvalue weighted by molar-refractivity contribution is 0.330. The van der Waals surface area contributed by atoms with Crippen LogP contribution in [0.25, 0.3) is 0 Å². The van der Waals surface area contributed by atoms with E-state index in [4.69, 9.17) is 22.1 Å². The molecule has 0 saturated heterocycles. The van der Waals surface area contributed by atoms with E-state index in [1.165, 1.54) is 11.1 Å². The van der Waals surface area contributed by atoms with Crippen LogP contribution in [0.3, 0.4) is 0 Å². The van der Waals surface area contributed by atoms with Crippen LogP contribution in [0.2, 0.25) is 5.02 Å². The molecule has 1 aromatic rings. The summed E-state index contributed by atoms with van der Waals surface area (Å²) in [4.78, 5) is 0. The van der Waals surface area contributed by atoms with Crippen molar-refractivity contribution in [2.24, 2.45) is 5.73 Å². The maximum atomic E-state index is 6.37. The van der Waals surface area contributed by atoms with Gasteiger partial charge in [0.05, 0.1) is 6.61 Å². The second kappa shape index (κ2) is 7.16. The molecule has 0 aliphatic rings. The van der Waals surface area contributed by atoms with Crippen molar-refractivity contribution >= 4 is 11.6 Å². The highest BCUT2D eigenvalue weighted by Gasteiger charge is 2.19. The summed E-state index contributed by atoms with van der Waals surface area (Å²) in [5.41, 5.74) is 9.56. The fourth-order valence-electron chi connectivity index (χ4n) is 2.19. The molecule has 1 atom stereocenters. The summed E-state index contributed by atoms with van der Waals surface area (Å²) in [5, 5.41) is 0.811. The van der Waals surface area contributed by atoms with Crippen LogP contribution >= 0.6 is 11.6 Å². The van der Waals surface area contributed by atoms with E-state index < -0.39 is 0 Å². The van der Waals surface area contributed by atoms with Gasteiger partial charge in [-0.3, -0.25) is 0 Å². The Morgan fingerprint density at radius 1 is 1.32 bits per heavy atom. The lowest BCUT2D eigenvalue weighted by atomic mass is 9.92. The first-order valence-corrected chi connectivity index (χ1v) is 7.50. The summed E-state index contributed by atoms with van der Waals surface area (Å²) >= 11 is 6.37. The van der Waals surface area contributed by atoms with Gasteiger partial charge in [-0.05, 0) is 49.8 Å². The Kier molecular flexibility index (Phi) is 6.15. The third-order valence-electron chi connectivity index (χ3n) is 3.53. The lowest BCUT2D eigenvalue weighted by Crippen LogP contribution is -2.22. The Balaban J connectivity index is 3.37. The number of hydrogen-bond donors (Lipinski definition) is 1. The minimum atomic E-state index is 0.149. The molecule has 0 amide bonds. The van der Waals surface area contributed by atoms with Crippen LogP contribution < -0.4 is 10.5 Å². The molecule has 1 aromatic carbocycles. The highest BCUT2D eigenvalue weighted by molar-refractivity contribution is 6.31. The van der Waals surface area contributed by atoms with Crippen molar-refractivity contribution in [1.82, 2.24) is 0 Å². The van der Waals surface area contributed by atoms with E-state index in [0.29, 0.717) is 12.5 Å². The Bertz CT molecular complexity index is 429. The molecule has 0 fully saturated rings. The van der Waals surface area contributed by atoms with Gasteiger partial charge in [-0.2, -0.15) is 0 Å². The van der Waals surface area contributed by atoms with E-state index in [9.17, 15) is 0 Å². The summed E-state index contributed by atoms with van der Waals surface area (Å²) < 4.78 is 5.90. The Morgan fingerprint density at radius 2 is 1.95 bits per heavy atom. The van der Waals surface area contributed by atoms with Crippen LogP contribution in [0.4, 0.5) is 0 Å². The minimum absolute atomic E-state index is 0.149. The van der Waals surface area contributed by atoms with E-state index >= 15 is 0 Å². The zero-order valence-electron chi connectivity index (χ0n) is 12.7. The van der Waals surface area contributed by atoms with Crippen molar-refractivity contribution < 1.29 is 4.74 Å². The largest absolute Gasteiger partial charge is 0.493 e. The van der Waals surface area contributed by atoms with Gasteiger partial charge < -0.3 is 10.5 Å². The first-order valence-electron chi connectivity index (χ1n) is 7.12. The lowest BCUT2D eigenvalue weighted by Gasteiger charge is -2.22. The zero-order chi connectivity index (χ0) is 14.6. The molecule has 3 heteroatoms. The average Bonchev–Trinajstić information content (AvgIpc) is 2.37. The van der Waals surface area contributed by atoms with Crippen LogP contribution in [0, 0.1) is 6.92 Å². The monoisotopic (exact) mass is 283 g/mol. The fraction of sp³-hybridized carbons (Fsp3) is 0.625. The Morgan fingerprint density at radius 3 is 2.42 bits per heavy atom. The third kappa shape index (κ3) is 3.87. The summed E-state index contributed by atoms with van der Waals surface area (Å²) in [5.74, 6) is 1.37. The standard InChI is InChI=1S/C16H26ClNO/c1-6-12(18)8-14-11(5)15(17)9-13(10(3)4)16(14)19-7-2/h9-10,12H,6-8,18H2,1-5H3.